The first-order chi connectivity index (χ1) is 14.0. The summed E-state index contributed by atoms with van der Waals surface area (Å²) in [5.41, 5.74) is -0.409. The lowest BCUT2D eigenvalue weighted by Crippen LogP contribution is -2.50. The smallest absolute Gasteiger partial charge is 0.435 e. The molecule has 1 amide bonds. The van der Waals surface area contributed by atoms with Crippen molar-refractivity contribution < 1.29 is 22.7 Å². The highest BCUT2D eigenvalue weighted by Gasteiger charge is 2.37. The summed E-state index contributed by atoms with van der Waals surface area (Å²) in [6, 6.07) is 8.31. The molecule has 1 aliphatic rings. The van der Waals surface area contributed by atoms with Crippen molar-refractivity contribution in [1.29, 1.82) is 0 Å². The lowest BCUT2D eigenvalue weighted by molar-refractivity contribution is -0.141. The Labute approximate surface area is 173 Å². The molecule has 6 nitrogen and oxygen atoms in total. The maximum absolute atomic E-state index is 13.5. The largest absolute Gasteiger partial charge is 0.444 e. The van der Waals surface area contributed by atoms with Crippen molar-refractivity contribution >= 4 is 11.9 Å². The second kappa shape index (κ2) is 8.12. The van der Waals surface area contributed by atoms with Gasteiger partial charge in [0.25, 0.3) is 0 Å². The lowest BCUT2D eigenvalue weighted by Gasteiger charge is -2.36. The third kappa shape index (κ3) is 5.01. The molecule has 3 rings (SSSR count). The van der Waals surface area contributed by atoms with Gasteiger partial charge in [-0.25, -0.2) is 4.79 Å². The van der Waals surface area contributed by atoms with E-state index in [4.69, 9.17) is 4.74 Å². The van der Waals surface area contributed by atoms with Crippen molar-refractivity contribution in [3.8, 4) is 11.1 Å². The van der Waals surface area contributed by atoms with Gasteiger partial charge < -0.3 is 14.5 Å². The number of piperazine rings is 1. The van der Waals surface area contributed by atoms with E-state index in [-0.39, 0.29) is 5.56 Å². The number of alkyl halides is 3. The number of aromatic nitrogens is 2. The summed E-state index contributed by atoms with van der Waals surface area (Å²) in [5.74, 6) is 0.352. The van der Waals surface area contributed by atoms with E-state index >= 15 is 0 Å². The molecule has 1 aromatic carbocycles. The number of hydrogen-bond donors (Lipinski definition) is 0. The molecule has 1 aliphatic heterocycles. The highest BCUT2D eigenvalue weighted by molar-refractivity contribution is 5.72. The zero-order valence-corrected chi connectivity index (χ0v) is 17.5. The van der Waals surface area contributed by atoms with E-state index in [9.17, 15) is 18.0 Å². The van der Waals surface area contributed by atoms with Gasteiger partial charge in [0.05, 0.1) is 0 Å². The van der Waals surface area contributed by atoms with Crippen LogP contribution in [0.4, 0.5) is 23.8 Å². The Morgan fingerprint density at radius 3 is 2.20 bits per heavy atom. The molecule has 0 bridgehead atoms. The van der Waals surface area contributed by atoms with Gasteiger partial charge in [0.15, 0.2) is 11.5 Å². The first kappa shape index (κ1) is 21.9. The van der Waals surface area contributed by atoms with Crippen LogP contribution in [0, 0.1) is 6.92 Å². The van der Waals surface area contributed by atoms with E-state index in [1.54, 1.807) is 56.9 Å². The predicted octanol–water partition coefficient (Wildman–Crippen LogP) is 4.53. The normalized spacial score (nSPS) is 15.3. The fraction of sp³-hybridized carbons (Fsp3) is 0.476. The number of hydrogen-bond acceptors (Lipinski definition) is 5. The molecule has 2 heterocycles. The average molecular weight is 422 g/mol. The van der Waals surface area contributed by atoms with E-state index in [0.717, 1.165) is 5.56 Å². The third-order valence-corrected chi connectivity index (χ3v) is 4.74. The van der Waals surface area contributed by atoms with Crippen molar-refractivity contribution in [3.05, 3.63) is 41.6 Å². The Balaban J connectivity index is 1.84. The Kier molecular flexibility index (Phi) is 5.92. The van der Waals surface area contributed by atoms with Crippen molar-refractivity contribution in [2.45, 2.75) is 39.5 Å². The van der Waals surface area contributed by atoms with Crippen LogP contribution in [-0.4, -0.2) is 53.0 Å². The number of carbonyl (C=O) groups is 1. The Hall–Kier alpha value is -2.84. The summed E-state index contributed by atoms with van der Waals surface area (Å²) in [5, 5.41) is 7.36. The molecule has 30 heavy (non-hydrogen) atoms. The van der Waals surface area contributed by atoms with Crippen LogP contribution in [0.3, 0.4) is 0 Å². The number of amides is 1. The van der Waals surface area contributed by atoms with E-state index < -0.39 is 23.6 Å². The van der Waals surface area contributed by atoms with Crippen LogP contribution in [0.1, 0.15) is 32.0 Å². The minimum absolute atomic E-state index is 0.000159. The van der Waals surface area contributed by atoms with Crippen molar-refractivity contribution in [2.24, 2.45) is 0 Å². The number of benzene rings is 1. The molecule has 0 unspecified atom stereocenters. The van der Waals surface area contributed by atoms with Gasteiger partial charge in [0.2, 0.25) is 0 Å². The number of aryl methyl sites for hydroxylation is 1. The van der Waals surface area contributed by atoms with Crippen LogP contribution >= 0.6 is 0 Å². The molecule has 0 N–H and O–H groups in total. The summed E-state index contributed by atoms with van der Waals surface area (Å²) in [7, 11) is 0. The Morgan fingerprint density at radius 1 is 1.00 bits per heavy atom. The molecular weight excluding hydrogens is 397 g/mol. The van der Waals surface area contributed by atoms with Gasteiger partial charge in [0, 0.05) is 31.7 Å². The van der Waals surface area contributed by atoms with E-state index in [0.29, 0.717) is 37.6 Å². The lowest BCUT2D eigenvalue weighted by atomic mass is 9.99. The molecule has 0 aliphatic carbocycles. The van der Waals surface area contributed by atoms with Gasteiger partial charge in [0.1, 0.15) is 5.60 Å². The van der Waals surface area contributed by atoms with Gasteiger partial charge in [-0.1, -0.05) is 24.3 Å². The summed E-state index contributed by atoms with van der Waals surface area (Å²) >= 11 is 0. The van der Waals surface area contributed by atoms with Crippen LogP contribution in [0.2, 0.25) is 0 Å². The molecule has 162 valence electrons. The van der Waals surface area contributed by atoms with Gasteiger partial charge in [-0.05, 0) is 44.9 Å². The topological polar surface area (TPSA) is 58.6 Å². The monoisotopic (exact) mass is 422 g/mol. The summed E-state index contributed by atoms with van der Waals surface area (Å²) in [6.45, 7) is 8.77. The Bertz CT molecular complexity index is 917. The minimum atomic E-state index is -4.61. The number of nitrogens with zero attached hydrogens (tertiary/aromatic N) is 4. The highest BCUT2D eigenvalue weighted by Crippen LogP contribution is 2.37. The maximum Gasteiger partial charge on any atom is 0.435 e. The van der Waals surface area contributed by atoms with Crippen molar-refractivity contribution in [2.75, 3.05) is 31.1 Å². The van der Waals surface area contributed by atoms with Crippen molar-refractivity contribution in [1.82, 2.24) is 15.1 Å². The molecule has 0 radical (unpaired) electrons. The second-order valence-electron chi connectivity index (χ2n) is 8.23. The van der Waals surface area contributed by atoms with Crippen LogP contribution in [0.15, 0.2) is 30.3 Å². The number of ether oxygens (including phenoxy) is 1. The fourth-order valence-corrected chi connectivity index (χ4v) is 3.27. The highest BCUT2D eigenvalue weighted by atomic mass is 19.4. The molecule has 0 spiro atoms. The van der Waals surface area contributed by atoms with Crippen LogP contribution in [-0.2, 0) is 10.9 Å². The molecule has 9 heteroatoms. The molecular formula is C21H25F3N4O2. The van der Waals surface area contributed by atoms with E-state index in [2.05, 4.69) is 10.2 Å². The number of anilines is 1. The zero-order valence-electron chi connectivity index (χ0n) is 17.5. The summed E-state index contributed by atoms with van der Waals surface area (Å²) < 4.78 is 46.0. The quantitative estimate of drug-likeness (QED) is 0.712. The standard InChI is InChI=1S/C21H25F3N4O2/c1-14-7-5-6-8-15(14)16-13-17(25-26-18(16)21(22,23)24)27-9-11-28(12-10-27)19(29)30-20(2,3)4/h5-8,13H,9-12H2,1-4H3. The maximum atomic E-state index is 13.5. The van der Waals surface area contributed by atoms with Crippen LogP contribution in [0.25, 0.3) is 11.1 Å². The second-order valence-corrected chi connectivity index (χ2v) is 8.23. The van der Waals surface area contributed by atoms with Gasteiger partial charge in [-0.15, -0.1) is 10.2 Å². The summed E-state index contributed by atoms with van der Waals surface area (Å²) in [6.07, 6.45) is -5.01. The SMILES string of the molecule is Cc1ccccc1-c1cc(N2CCN(C(=O)OC(C)(C)C)CC2)nnc1C(F)(F)F. The number of halogens is 3. The molecule has 1 saturated heterocycles. The van der Waals surface area contributed by atoms with Gasteiger partial charge >= 0.3 is 12.3 Å². The first-order valence-corrected chi connectivity index (χ1v) is 9.69. The van der Waals surface area contributed by atoms with Crippen molar-refractivity contribution in [3.63, 3.8) is 0 Å². The average Bonchev–Trinajstić information content (AvgIpc) is 2.66. The molecule has 2 aromatic rings. The fourth-order valence-electron chi connectivity index (χ4n) is 3.27. The Morgan fingerprint density at radius 2 is 1.63 bits per heavy atom. The molecule has 1 aromatic heterocycles. The minimum Gasteiger partial charge on any atom is -0.444 e. The van der Waals surface area contributed by atoms with Crippen LogP contribution < -0.4 is 4.90 Å². The molecule has 1 fully saturated rings. The zero-order chi connectivity index (χ0) is 22.1. The third-order valence-electron chi connectivity index (χ3n) is 4.74. The first-order valence-electron chi connectivity index (χ1n) is 9.69. The van der Waals surface area contributed by atoms with E-state index in [1.165, 1.54) is 6.07 Å². The number of rotatable bonds is 2. The number of carbonyl (C=O) groups excluding carboxylic acids is 1. The molecule has 0 atom stereocenters. The summed E-state index contributed by atoms with van der Waals surface area (Å²) in [4.78, 5) is 15.6. The van der Waals surface area contributed by atoms with E-state index in [1.807, 2.05) is 4.90 Å². The van der Waals surface area contributed by atoms with Gasteiger partial charge in [-0.2, -0.15) is 13.2 Å². The van der Waals surface area contributed by atoms with Gasteiger partial charge in [-0.3, -0.25) is 0 Å². The predicted molar refractivity (Wildman–Crippen MR) is 107 cm³/mol. The molecule has 0 saturated carbocycles. The van der Waals surface area contributed by atoms with Crippen LogP contribution in [0.5, 0.6) is 0 Å².